The summed E-state index contributed by atoms with van der Waals surface area (Å²) in [6.07, 6.45) is 3.27. The summed E-state index contributed by atoms with van der Waals surface area (Å²) in [7, 11) is 0. The van der Waals surface area contributed by atoms with E-state index in [1.54, 1.807) is 28.5 Å². The highest BCUT2D eigenvalue weighted by molar-refractivity contribution is 7.19. The number of nitriles is 1. The number of nitrogens with one attached hydrogen (secondary N) is 1. The average molecular weight is 580 g/mol. The predicted octanol–water partition coefficient (Wildman–Crippen LogP) is 5.33. The molecule has 0 spiro atoms. The van der Waals surface area contributed by atoms with Crippen molar-refractivity contribution in [1.29, 1.82) is 5.26 Å². The molecule has 3 N–H and O–H groups in total. The van der Waals surface area contributed by atoms with Gasteiger partial charge in [0.15, 0.2) is 0 Å². The maximum Gasteiger partial charge on any atom is 0.148 e. The Hall–Kier alpha value is -2.58. The third kappa shape index (κ3) is 3.92. The number of aliphatic hydroxyl groups is 2. The smallest absolute Gasteiger partial charge is 0.148 e. The van der Waals surface area contributed by atoms with E-state index in [0.29, 0.717) is 41.9 Å². The van der Waals surface area contributed by atoms with E-state index in [-0.39, 0.29) is 23.1 Å². The molecule has 4 aromatic rings. The minimum Gasteiger partial charge on any atom is -0.378 e. The van der Waals surface area contributed by atoms with E-state index in [1.807, 2.05) is 22.8 Å². The molecule has 3 aromatic heterocycles. The van der Waals surface area contributed by atoms with Crippen LogP contribution in [0.2, 0.25) is 5.02 Å². The van der Waals surface area contributed by atoms with Crippen LogP contribution in [0, 0.1) is 39.8 Å². The fraction of sp³-hybridized carbons (Fsp3) is 0.467. The number of likely N-dealkylation sites (tertiary alicyclic amines) is 1. The third-order valence-corrected chi connectivity index (χ3v) is 10.9. The first kappa shape index (κ1) is 26.3. The van der Waals surface area contributed by atoms with Gasteiger partial charge in [-0.3, -0.25) is 4.98 Å². The number of nitrogens with zero attached hydrogens (tertiary/aromatic N) is 4. The van der Waals surface area contributed by atoms with Crippen molar-refractivity contribution in [2.45, 2.75) is 52.2 Å². The molecule has 2 aliphatic heterocycles. The molecule has 3 fully saturated rings. The number of piperidine rings is 2. The van der Waals surface area contributed by atoms with Crippen LogP contribution >= 0.6 is 22.9 Å². The molecule has 4 unspecified atom stereocenters. The molecule has 208 valence electrons. The Labute approximate surface area is 240 Å². The van der Waals surface area contributed by atoms with E-state index >= 15 is 4.39 Å². The van der Waals surface area contributed by atoms with Gasteiger partial charge in [-0.1, -0.05) is 25.4 Å². The second-order valence-electron chi connectivity index (χ2n) is 12.3. The van der Waals surface area contributed by atoms with Gasteiger partial charge in [-0.25, -0.2) is 9.29 Å². The second kappa shape index (κ2) is 9.21. The monoisotopic (exact) mass is 579 g/mol. The zero-order chi connectivity index (χ0) is 28.0. The van der Waals surface area contributed by atoms with Crippen LogP contribution in [0.1, 0.15) is 31.6 Å². The Morgan fingerprint density at radius 3 is 2.60 bits per heavy atom. The highest BCUT2D eigenvalue weighted by Gasteiger charge is 2.71. The number of hydrogen-bond acceptors (Lipinski definition) is 7. The summed E-state index contributed by atoms with van der Waals surface area (Å²) < 4.78 is 18.2. The third-order valence-electron chi connectivity index (χ3n) is 9.57. The van der Waals surface area contributed by atoms with Crippen LogP contribution in [0.15, 0.2) is 36.7 Å². The molecule has 1 saturated carbocycles. The molecule has 1 aromatic carbocycles. The first-order valence-electron chi connectivity index (χ1n) is 13.7. The number of hydrogen-bond donors (Lipinski definition) is 3. The molecular formula is C30H31ClFN5O2S. The van der Waals surface area contributed by atoms with E-state index in [0.717, 1.165) is 39.3 Å². The first-order valence-corrected chi connectivity index (χ1v) is 14.9. The Morgan fingerprint density at radius 1 is 1.18 bits per heavy atom. The number of benzene rings is 1. The molecule has 1 aliphatic carbocycles. The standard InChI is InChI=1S/C30H31ClFN5O2S/c1-29(2)23-24(29)28(39)37(27(23)38)12-17-11-22-26(40-17)18(3-6-35-22)19-9-16(31)10-20-21(32)13-36(25(19)20)15-30(14-33)4-7-34-8-5-30/h3,6,9-11,13,23-24,27-28,34,38-39H,4-5,7-8,12,15H2,1-2H3. The van der Waals surface area contributed by atoms with Crippen molar-refractivity contribution in [2.75, 3.05) is 13.1 Å². The van der Waals surface area contributed by atoms with E-state index in [4.69, 9.17) is 11.6 Å². The number of pyridine rings is 1. The summed E-state index contributed by atoms with van der Waals surface area (Å²) in [5, 5.41) is 36.1. The maximum absolute atomic E-state index is 15.3. The van der Waals surface area contributed by atoms with Gasteiger partial charge >= 0.3 is 0 Å². The minimum atomic E-state index is -0.686. The van der Waals surface area contributed by atoms with Crippen molar-refractivity contribution in [2.24, 2.45) is 22.7 Å². The topological polar surface area (TPSA) is 97.3 Å². The number of aliphatic hydroxyl groups excluding tert-OH is 2. The Morgan fingerprint density at radius 2 is 1.90 bits per heavy atom. The SMILES string of the molecule is CC1(C)C2C(O)N(Cc3cc4nccc(-c5cc(Cl)cc6c(F)cn(CC7(C#N)CCNCC7)c56)c4s3)C(O)C21. The number of thiophene rings is 1. The highest BCUT2D eigenvalue weighted by atomic mass is 35.5. The maximum atomic E-state index is 15.3. The summed E-state index contributed by atoms with van der Waals surface area (Å²) >= 11 is 8.09. The van der Waals surface area contributed by atoms with Crippen LogP contribution in [0.4, 0.5) is 4.39 Å². The minimum absolute atomic E-state index is 0.0510. The highest BCUT2D eigenvalue weighted by Crippen LogP contribution is 2.66. The molecule has 10 heteroatoms. The molecule has 0 amide bonds. The van der Waals surface area contributed by atoms with Gasteiger partial charge in [0, 0.05) is 63.7 Å². The molecule has 40 heavy (non-hydrogen) atoms. The molecule has 4 atom stereocenters. The Bertz CT molecular complexity index is 1670. The molecule has 5 heterocycles. The van der Waals surface area contributed by atoms with Crippen molar-refractivity contribution >= 4 is 44.1 Å². The van der Waals surface area contributed by atoms with Crippen LogP contribution in [-0.4, -0.2) is 50.2 Å². The van der Waals surface area contributed by atoms with Crippen molar-refractivity contribution in [1.82, 2.24) is 19.8 Å². The second-order valence-corrected chi connectivity index (χ2v) is 13.8. The lowest BCUT2D eigenvalue weighted by molar-refractivity contribution is -0.0987. The molecule has 7 nitrogen and oxygen atoms in total. The number of halogens is 2. The summed E-state index contributed by atoms with van der Waals surface area (Å²) in [6, 6.07) is 9.96. The van der Waals surface area contributed by atoms with Gasteiger partial charge in [-0.15, -0.1) is 11.3 Å². The molecule has 3 aliphatic rings. The van der Waals surface area contributed by atoms with Gasteiger partial charge in [0.1, 0.15) is 18.3 Å². The largest absolute Gasteiger partial charge is 0.378 e. The molecule has 7 rings (SSSR count). The molecule has 0 radical (unpaired) electrons. The van der Waals surface area contributed by atoms with E-state index in [2.05, 4.69) is 30.2 Å². The zero-order valence-corrected chi connectivity index (χ0v) is 23.9. The van der Waals surface area contributed by atoms with Crippen molar-refractivity contribution in [3.63, 3.8) is 0 Å². The quantitative estimate of drug-likeness (QED) is 0.296. The van der Waals surface area contributed by atoms with Crippen LogP contribution in [-0.2, 0) is 13.1 Å². The number of aromatic nitrogens is 2. The van der Waals surface area contributed by atoms with Crippen LogP contribution < -0.4 is 5.32 Å². The summed E-state index contributed by atoms with van der Waals surface area (Å²) in [5.41, 5.74) is 2.56. The summed E-state index contributed by atoms with van der Waals surface area (Å²) in [5.74, 6) is -0.217. The fourth-order valence-corrected chi connectivity index (χ4v) is 8.67. The molecule has 2 saturated heterocycles. The lowest BCUT2D eigenvalue weighted by Crippen LogP contribution is -2.41. The van der Waals surface area contributed by atoms with Gasteiger partial charge in [0.05, 0.1) is 27.2 Å². The van der Waals surface area contributed by atoms with Gasteiger partial charge in [-0.05, 0) is 55.6 Å². The van der Waals surface area contributed by atoms with Crippen LogP contribution in [0.25, 0.3) is 32.2 Å². The Balaban J connectivity index is 1.30. The van der Waals surface area contributed by atoms with E-state index < -0.39 is 17.9 Å². The normalized spacial score (nSPS) is 27.2. The van der Waals surface area contributed by atoms with E-state index in [9.17, 15) is 15.5 Å². The lowest BCUT2D eigenvalue weighted by atomic mass is 9.80. The average Bonchev–Trinajstić information content (AvgIpc) is 3.21. The van der Waals surface area contributed by atoms with Gasteiger partial charge in [0.25, 0.3) is 0 Å². The van der Waals surface area contributed by atoms with Crippen molar-refractivity contribution in [3.05, 3.63) is 52.4 Å². The zero-order valence-electron chi connectivity index (χ0n) is 22.4. The fourth-order valence-electron chi connectivity index (χ4n) is 7.30. The first-order chi connectivity index (χ1) is 19.1. The number of fused-ring (bicyclic) bond motifs is 3. The number of rotatable bonds is 5. The predicted molar refractivity (Wildman–Crippen MR) is 154 cm³/mol. The lowest BCUT2D eigenvalue weighted by Gasteiger charge is -2.32. The summed E-state index contributed by atoms with van der Waals surface area (Å²) in [4.78, 5) is 7.34. The molecule has 0 bridgehead atoms. The summed E-state index contributed by atoms with van der Waals surface area (Å²) in [6.45, 7) is 6.52. The Kier molecular flexibility index (Phi) is 6.06. The van der Waals surface area contributed by atoms with Gasteiger partial charge in [0.2, 0.25) is 0 Å². The van der Waals surface area contributed by atoms with Crippen molar-refractivity contribution < 1.29 is 14.6 Å². The molecular weight excluding hydrogens is 549 g/mol. The van der Waals surface area contributed by atoms with Crippen LogP contribution in [0.5, 0.6) is 0 Å². The van der Waals surface area contributed by atoms with Gasteiger partial charge in [-0.2, -0.15) is 5.26 Å². The van der Waals surface area contributed by atoms with Crippen molar-refractivity contribution in [3.8, 4) is 17.2 Å². The van der Waals surface area contributed by atoms with Crippen LogP contribution in [0.3, 0.4) is 0 Å². The van der Waals surface area contributed by atoms with Gasteiger partial charge < -0.3 is 20.1 Å². The van der Waals surface area contributed by atoms with E-state index in [1.165, 1.54) is 6.20 Å².